The van der Waals surface area contributed by atoms with Gasteiger partial charge in [-0.1, -0.05) is 18.2 Å². The van der Waals surface area contributed by atoms with Crippen molar-refractivity contribution in [3.63, 3.8) is 0 Å². The molecule has 2 aromatic carbocycles. The molecule has 0 fully saturated rings. The molecule has 20 heavy (non-hydrogen) atoms. The van der Waals surface area contributed by atoms with Crippen LogP contribution in [0.5, 0.6) is 0 Å². The zero-order valence-electron chi connectivity index (χ0n) is 10.6. The Morgan fingerprint density at radius 1 is 1.15 bits per heavy atom. The summed E-state index contributed by atoms with van der Waals surface area (Å²) >= 11 is 0. The molecule has 0 heterocycles. The van der Waals surface area contributed by atoms with E-state index in [-0.39, 0.29) is 12.4 Å². The molecule has 0 aliphatic heterocycles. The van der Waals surface area contributed by atoms with Crippen molar-refractivity contribution in [2.75, 3.05) is 5.32 Å². The SMILES string of the molecule is N#Cc1ccc(NC(=O)NCc2ccccc2F)cc1. The first-order chi connectivity index (χ1) is 9.69. The zero-order chi connectivity index (χ0) is 14.4. The molecule has 4 nitrogen and oxygen atoms in total. The van der Waals surface area contributed by atoms with Gasteiger partial charge in [-0.05, 0) is 30.3 Å². The van der Waals surface area contributed by atoms with Gasteiger partial charge in [-0.15, -0.1) is 0 Å². The minimum Gasteiger partial charge on any atom is -0.334 e. The molecule has 2 aromatic rings. The quantitative estimate of drug-likeness (QED) is 0.899. The summed E-state index contributed by atoms with van der Waals surface area (Å²) in [5, 5.41) is 13.8. The average molecular weight is 269 g/mol. The van der Waals surface area contributed by atoms with Gasteiger partial charge in [0.2, 0.25) is 0 Å². The molecule has 0 saturated heterocycles. The summed E-state index contributed by atoms with van der Waals surface area (Å²) in [6, 6.07) is 14.3. The van der Waals surface area contributed by atoms with Crippen molar-refractivity contribution in [2.45, 2.75) is 6.54 Å². The van der Waals surface area contributed by atoms with Gasteiger partial charge in [0.15, 0.2) is 0 Å². The largest absolute Gasteiger partial charge is 0.334 e. The number of carbonyl (C=O) groups excluding carboxylic acids is 1. The summed E-state index contributed by atoms with van der Waals surface area (Å²) in [4.78, 5) is 11.6. The topological polar surface area (TPSA) is 64.9 Å². The highest BCUT2D eigenvalue weighted by atomic mass is 19.1. The van der Waals surface area contributed by atoms with E-state index in [4.69, 9.17) is 5.26 Å². The van der Waals surface area contributed by atoms with Crippen LogP contribution >= 0.6 is 0 Å². The maximum Gasteiger partial charge on any atom is 0.319 e. The maximum absolute atomic E-state index is 13.3. The fraction of sp³-hybridized carbons (Fsp3) is 0.0667. The van der Waals surface area contributed by atoms with Gasteiger partial charge >= 0.3 is 6.03 Å². The lowest BCUT2D eigenvalue weighted by Crippen LogP contribution is -2.28. The molecular weight excluding hydrogens is 257 g/mol. The standard InChI is InChI=1S/C15H12FN3O/c16-14-4-2-1-3-12(14)10-18-15(20)19-13-7-5-11(9-17)6-8-13/h1-8H,10H2,(H2,18,19,20). The molecule has 0 saturated carbocycles. The fourth-order valence-corrected chi connectivity index (χ4v) is 1.62. The molecule has 5 heteroatoms. The van der Waals surface area contributed by atoms with Crippen LogP contribution in [-0.2, 0) is 6.54 Å². The third-order valence-corrected chi connectivity index (χ3v) is 2.67. The highest BCUT2D eigenvalue weighted by Gasteiger charge is 2.04. The van der Waals surface area contributed by atoms with E-state index < -0.39 is 6.03 Å². The van der Waals surface area contributed by atoms with E-state index in [9.17, 15) is 9.18 Å². The molecule has 100 valence electrons. The summed E-state index contributed by atoms with van der Waals surface area (Å²) < 4.78 is 13.3. The lowest BCUT2D eigenvalue weighted by Gasteiger charge is -2.08. The van der Waals surface area contributed by atoms with E-state index in [2.05, 4.69) is 10.6 Å². The Kier molecular flexibility index (Phi) is 4.30. The summed E-state index contributed by atoms with van der Waals surface area (Å²) in [6.45, 7) is 0.106. The number of hydrogen-bond donors (Lipinski definition) is 2. The lowest BCUT2D eigenvalue weighted by molar-refractivity contribution is 0.251. The van der Waals surface area contributed by atoms with Gasteiger partial charge in [0, 0.05) is 17.8 Å². The molecule has 0 aliphatic rings. The van der Waals surface area contributed by atoms with E-state index in [1.165, 1.54) is 6.07 Å². The number of anilines is 1. The van der Waals surface area contributed by atoms with Gasteiger partial charge in [-0.3, -0.25) is 0 Å². The molecule has 0 unspecified atom stereocenters. The van der Waals surface area contributed by atoms with Crippen LogP contribution in [-0.4, -0.2) is 6.03 Å². The van der Waals surface area contributed by atoms with Crippen LogP contribution in [0.15, 0.2) is 48.5 Å². The van der Waals surface area contributed by atoms with E-state index in [1.807, 2.05) is 6.07 Å². The van der Waals surface area contributed by atoms with Crippen LogP contribution in [0.2, 0.25) is 0 Å². The summed E-state index contributed by atoms with van der Waals surface area (Å²) in [5.41, 5.74) is 1.50. The monoisotopic (exact) mass is 269 g/mol. The van der Waals surface area contributed by atoms with Gasteiger partial charge in [0.05, 0.1) is 11.6 Å². The number of nitrogens with zero attached hydrogens (tertiary/aromatic N) is 1. The first-order valence-electron chi connectivity index (χ1n) is 5.97. The molecule has 0 atom stereocenters. The molecule has 0 bridgehead atoms. The summed E-state index contributed by atoms with van der Waals surface area (Å²) in [6.07, 6.45) is 0. The van der Waals surface area contributed by atoms with Crippen molar-refractivity contribution in [3.8, 4) is 6.07 Å². The first kappa shape index (κ1) is 13.6. The van der Waals surface area contributed by atoms with Gasteiger partial charge < -0.3 is 10.6 Å². The van der Waals surface area contributed by atoms with Gasteiger partial charge in [0.1, 0.15) is 5.82 Å². The fourth-order valence-electron chi connectivity index (χ4n) is 1.62. The predicted molar refractivity (Wildman–Crippen MR) is 73.4 cm³/mol. The highest BCUT2D eigenvalue weighted by Crippen LogP contribution is 2.09. The predicted octanol–water partition coefficient (Wildman–Crippen LogP) is 3.02. The zero-order valence-corrected chi connectivity index (χ0v) is 10.6. The molecule has 2 amide bonds. The van der Waals surface area contributed by atoms with Crippen molar-refractivity contribution >= 4 is 11.7 Å². The third kappa shape index (κ3) is 3.56. The highest BCUT2D eigenvalue weighted by molar-refractivity contribution is 5.89. The minimum atomic E-state index is -0.432. The molecule has 0 aliphatic carbocycles. The van der Waals surface area contributed by atoms with Crippen molar-refractivity contribution in [2.24, 2.45) is 0 Å². The number of amides is 2. The van der Waals surface area contributed by atoms with Crippen LogP contribution < -0.4 is 10.6 Å². The molecule has 0 aromatic heterocycles. The van der Waals surface area contributed by atoms with Crippen LogP contribution in [0.1, 0.15) is 11.1 Å². The third-order valence-electron chi connectivity index (χ3n) is 2.67. The molecule has 0 spiro atoms. The number of rotatable bonds is 3. The Morgan fingerprint density at radius 3 is 2.50 bits per heavy atom. The second-order valence-corrected chi connectivity index (χ2v) is 4.09. The second kappa shape index (κ2) is 6.34. The second-order valence-electron chi connectivity index (χ2n) is 4.09. The number of carbonyl (C=O) groups is 1. The smallest absolute Gasteiger partial charge is 0.319 e. The van der Waals surface area contributed by atoms with E-state index in [1.54, 1.807) is 42.5 Å². The normalized spacial score (nSPS) is 9.60. The maximum atomic E-state index is 13.3. The van der Waals surface area contributed by atoms with Crippen LogP contribution in [0.4, 0.5) is 14.9 Å². The number of halogens is 1. The number of nitrogens with one attached hydrogen (secondary N) is 2. The Balaban J connectivity index is 1.89. The molecular formula is C15H12FN3O. The van der Waals surface area contributed by atoms with Gasteiger partial charge in [0.25, 0.3) is 0 Å². The van der Waals surface area contributed by atoms with Crippen LogP contribution in [0.3, 0.4) is 0 Å². The Bertz CT molecular complexity index is 647. The first-order valence-corrected chi connectivity index (χ1v) is 5.97. The van der Waals surface area contributed by atoms with Crippen molar-refractivity contribution in [1.82, 2.24) is 5.32 Å². The minimum absolute atomic E-state index is 0.106. The lowest BCUT2D eigenvalue weighted by atomic mass is 10.2. The Hall–Kier alpha value is -2.87. The van der Waals surface area contributed by atoms with Crippen LogP contribution in [0, 0.1) is 17.1 Å². The summed E-state index contributed by atoms with van der Waals surface area (Å²) in [7, 11) is 0. The number of urea groups is 1. The van der Waals surface area contributed by atoms with Crippen molar-refractivity contribution in [1.29, 1.82) is 5.26 Å². The number of hydrogen-bond acceptors (Lipinski definition) is 2. The van der Waals surface area contributed by atoms with Crippen LogP contribution in [0.25, 0.3) is 0 Å². The Morgan fingerprint density at radius 2 is 1.85 bits per heavy atom. The van der Waals surface area contributed by atoms with Crippen molar-refractivity contribution in [3.05, 3.63) is 65.5 Å². The average Bonchev–Trinajstić information content (AvgIpc) is 2.47. The van der Waals surface area contributed by atoms with Gasteiger partial charge in [-0.25, -0.2) is 9.18 Å². The molecule has 0 radical (unpaired) electrons. The Labute approximate surface area is 115 Å². The van der Waals surface area contributed by atoms with Gasteiger partial charge in [-0.2, -0.15) is 5.26 Å². The molecule has 2 rings (SSSR count). The van der Waals surface area contributed by atoms with E-state index in [0.29, 0.717) is 16.8 Å². The number of nitriles is 1. The molecule has 2 N–H and O–H groups in total. The van der Waals surface area contributed by atoms with Crippen molar-refractivity contribution < 1.29 is 9.18 Å². The number of benzene rings is 2. The van der Waals surface area contributed by atoms with E-state index in [0.717, 1.165) is 0 Å². The summed E-state index contributed by atoms with van der Waals surface area (Å²) in [5.74, 6) is -0.355. The van der Waals surface area contributed by atoms with E-state index >= 15 is 0 Å².